The molecule has 0 aliphatic rings. The van der Waals surface area contributed by atoms with Gasteiger partial charge in [-0.1, -0.05) is 0 Å². The molecule has 2 aromatic rings. The van der Waals surface area contributed by atoms with Gasteiger partial charge in [-0.25, -0.2) is 4.39 Å². The molecule has 0 aliphatic carbocycles. The van der Waals surface area contributed by atoms with Crippen LogP contribution >= 0.6 is 0 Å². The van der Waals surface area contributed by atoms with E-state index in [9.17, 15) is 35.5 Å². The van der Waals surface area contributed by atoms with E-state index >= 15 is 0 Å². The van der Waals surface area contributed by atoms with E-state index in [-0.39, 0.29) is 13.2 Å². The topological polar surface area (TPSA) is 40.5 Å². The first-order chi connectivity index (χ1) is 11.5. The van der Waals surface area contributed by atoms with Crippen LogP contribution in [-0.4, -0.2) is 36.6 Å². The van der Waals surface area contributed by atoms with E-state index in [1.165, 1.54) is 7.11 Å². The van der Waals surface area contributed by atoms with E-state index in [0.29, 0.717) is 18.3 Å². The van der Waals surface area contributed by atoms with Gasteiger partial charge in [-0.15, -0.1) is 13.2 Å². The van der Waals surface area contributed by atoms with Gasteiger partial charge in [0.2, 0.25) is 0 Å². The Labute approximate surface area is 135 Å². The number of nitrogens with zero attached hydrogens (tertiary/aromatic N) is 1. The Balaban J connectivity index is 2.76. The van der Waals surface area contributed by atoms with E-state index in [1.807, 2.05) is 0 Å². The monoisotopic (exact) mass is 373 g/mol. The van der Waals surface area contributed by atoms with Crippen LogP contribution in [0.3, 0.4) is 0 Å². The molecule has 4 nitrogen and oxygen atoms in total. The van der Waals surface area contributed by atoms with Crippen LogP contribution in [0.2, 0.25) is 0 Å². The molecule has 1 aromatic carbocycles. The van der Waals surface area contributed by atoms with Crippen molar-refractivity contribution in [2.75, 3.05) is 13.7 Å². The van der Waals surface area contributed by atoms with Crippen molar-refractivity contribution in [1.29, 1.82) is 0 Å². The number of methoxy groups -OCH3 is 1. The molecule has 25 heavy (non-hydrogen) atoms. The van der Waals surface area contributed by atoms with Crippen molar-refractivity contribution in [3.05, 3.63) is 29.7 Å². The minimum atomic E-state index is -5.33. The lowest BCUT2D eigenvalue weighted by atomic mass is 10.1. The van der Waals surface area contributed by atoms with Crippen LogP contribution in [0.4, 0.5) is 30.7 Å². The summed E-state index contributed by atoms with van der Waals surface area (Å²) in [6.45, 7) is -0.332. The fraction of sp³-hybridized carbons (Fsp3) is 0.357. The smallest absolute Gasteiger partial charge is 0.404 e. The molecule has 0 spiro atoms. The zero-order chi connectivity index (χ0) is 19.0. The Morgan fingerprint density at radius 3 is 2.32 bits per heavy atom. The number of carbonyl (C=O) groups is 1. The van der Waals surface area contributed by atoms with Crippen LogP contribution in [0.1, 0.15) is 10.4 Å². The van der Waals surface area contributed by atoms with Gasteiger partial charge in [0.05, 0.1) is 23.1 Å². The third kappa shape index (κ3) is 4.03. The quantitative estimate of drug-likeness (QED) is 0.586. The fourth-order valence-electron chi connectivity index (χ4n) is 2.27. The Kier molecular flexibility index (Phi) is 4.98. The van der Waals surface area contributed by atoms with Crippen molar-refractivity contribution in [2.45, 2.75) is 19.1 Å². The van der Waals surface area contributed by atoms with E-state index < -0.39 is 46.4 Å². The molecular formula is C14H10F7NO3. The first kappa shape index (κ1) is 19.0. The number of Topliss-reactive ketones (excluding diaryl/α,β-unsaturated/α-hetero) is 1. The zero-order valence-corrected chi connectivity index (χ0v) is 12.5. The SMILES string of the molecule is COCCn1cc(C(=O)C(F)(F)F)c2c(F)ccc(OC(F)(F)F)c21. The van der Waals surface area contributed by atoms with Crippen LogP contribution in [0.15, 0.2) is 18.3 Å². The van der Waals surface area contributed by atoms with Gasteiger partial charge in [0.25, 0.3) is 5.78 Å². The fourth-order valence-corrected chi connectivity index (χ4v) is 2.27. The van der Waals surface area contributed by atoms with Gasteiger partial charge in [-0.05, 0) is 12.1 Å². The molecule has 11 heteroatoms. The van der Waals surface area contributed by atoms with Crippen molar-refractivity contribution in [3.8, 4) is 5.75 Å². The van der Waals surface area contributed by atoms with Gasteiger partial charge < -0.3 is 14.0 Å². The number of halogens is 7. The Morgan fingerprint density at radius 2 is 1.80 bits per heavy atom. The second-order valence-corrected chi connectivity index (χ2v) is 4.87. The molecule has 0 bridgehead atoms. The lowest BCUT2D eigenvalue weighted by Gasteiger charge is -2.13. The lowest BCUT2D eigenvalue weighted by Crippen LogP contribution is -2.22. The molecule has 0 N–H and O–H groups in total. The van der Waals surface area contributed by atoms with Crippen molar-refractivity contribution in [3.63, 3.8) is 0 Å². The minimum Gasteiger partial charge on any atom is -0.404 e. The molecule has 0 saturated carbocycles. The molecule has 0 fully saturated rings. The summed E-state index contributed by atoms with van der Waals surface area (Å²) in [7, 11) is 1.25. The van der Waals surface area contributed by atoms with Crippen molar-refractivity contribution < 1.29 is 45.0 Å². The number of ketones is 1. The molecule has 0 aliphatic heterocycles. The Morgan fingerprint density at radius 1 is 1.16 bits per heavy atom. The highest BCUT2D eigenvalue weighted by atomic mass is 19.4. The average molecular weight is 373 g/mol. The molecule has 0 atom stereocenters. The molecule has 138 valence electrons. The van der Waals surface area contributed by atoms with Crippen LogP contribution in [0.25, 0.3) is 10.9 Å². The number of aromatic nitrogens is 1. The highest BCUT2D eigenvalue weighted by Crippen LogP contribution is 2.37. The molecule has 0 amide bonds. The standard InChI is InChI=1S/C14H10F7NO3/c1-24-5-4-22-6-7(12(23)13(16,17)18)10-8(15)2-3-9(11(10)22)25-14(19,20)21/h2-3,6H,4-5H2,1H3. The minimum absolute atomic E-state index is 0.106. The zero-order valence-electron chi connectivity index (χ0n) is 12.5. The largest absolute Gasteiger partial charge is 0.573 e. The van der Waals surface area contributed by atoms with Gasteiger partial charge in [-0.2, -0.15) is 13.2 Å². The summed E-state index contributed by atoms with van der Waals surface area (Å²) in [5.74, 6) is -4.59. The molecule has 2 rings (SSSR count). The number of benzene rings is 1. The van der Waals surface area contributed by atoms with Crippen molar-refractivity contribution in [1.82, 2.24) is 4.57 Å². The molecule has 0 radical (unpaired) electrons. The number of hydrogen-bond acceptors (Lipinski definition) is 3. The molecular weight excluding hydrogens is 363 g/mol. The number of ether oxygens (including phenoxy) is 2. The van der Waals surface area contributed by atoms with E-state index in [4.69, 9.17) is 4.74 Å². The average Bonchev–Trinajstić information content (AvgIpc) is 2.85. The third-order valence-electron chi connectivity index (χ3n) is 3.20. The number of carbonyl (C=O) groups excluding carboxylic acids is 1. The summed E-state index contributed by atoms with van der Waals surface area (Å²) in [4.78, 5) is 11.5. The lowest BCUT2D eigenvalue weighted by molar-refractivity contribution is -0.274. The number of fused-ring (bicyclic) bond motifs is 1. The van der Waals surface area contributed by atoms with Gasteiger partial charge in [-0.3, -0.25) is 4.79 Å². The van der Waals surface area contributed by atoms with Crippen LogP contribution in [-0.2, 0) is 11.3 Å². The van der Waals surface area contributed by atoms with Gasteiger partial charge in [0.1, 0.15) is 5.82 Å². The molecule has 0 unspecified atom stereocenters. The van der Waals surface area contributed by atoms with E-state index in [0.717, 1.165) is 4.57 Å². The number of rotatable bonds is 5. The Hall–Kier alpha value is -2.30. The molecule has 0 saturated heterocycles. The van der Waals surface area contributed by atoms with Gasteiger partial charge in [0, 0.05) is 19.9 Å². The first-order valence-electron chi connectivity index (χ1n) is 6.63. The van der Waals surface area contributed by atoms with Crippen LogP contribution in [0.5, 0.6) is 5.75 Å². The van der Waals surface area contributed by atoms with Gasteiger partial charge in [0.15, 0.2) is 5.75 Å². The van der Waals surface area contributed by atoms with Crippen LogP contribution < -0.4 is 4.74 Å². The number of hydrogen-bond donors (Lipinski definition) is 0. The summed E-state index contributed by atoms with van der Waals surface area (Å²) in [6, 6.07) is 1.12. The molecule has 1 aromatic heterocycles. The van der Waals surface area contributed by atoms with E-state index in [1.54, 1.807) is 0 Å². The predicted octanol–water partition coefficient (Wildman–Crippen LogP) is 4.07. The maximum absolute atomic E-state index is 14.0. The summed E-state index contributed by atoms with van der Waals surface area (Å²) in [5.41, 5.74) is -1.73. The third-order valence-corrected chi connectivity index (χ3v) is 3.20. The maximum atomic E-state index is 14.0. The highest BCUT2D eigenvalue weighted by molar-refractivity contribution is 6.11. The summed E-state index contributed by atoms with van der Waals surface area (Å²) >= 11 is 0. The first-order valence-corrected chi connectivity index (χ1v) is 6.63. The van der Waals surface area contributed by atoms with Crippen molar-refractivity contribution >= 4 is 16.7 Å². The molecule has 1 heterocycles. The number of alkyl halides is 6. The van der Waals surface area contributed by atoms with Crippen molar-refractivity contribution in [2.24, 2.45) is 0 Å². The second kappa shape index (κ2) is 6.54. The van der Waals surface area contributed by atoms with Crippen LogP contribution in [0, 0.1) is 5.82 Å². The highest BCUT2D eigenvalue weighted by Gasteiger charge is 2.42. The summed E-state index contributed by atoms with van der Waals surface area (Å²) in [5, 5.41) is -0.903. The Bertz CT molecular complexity index is 792. The summed E-state index contributed by atoms with van der Waals surface area (Å²) < 4.78 is 99.0. The summed E-state index contributed by atoms with van der Waals surface area (Å²) in [6.07, 6.45) is -9.85. The normalized spacial score (nSPS) is 12.6. The van der Waals surface area contributed by atoms with Gasteiger partial charge >= 0.3 is 12.5 Å². The second-order valence-electron chi connectivity index (χ2n) is 4.87. The van der Waals surface area contributed by atoms with E-state index in [2.05, 4.69) is 4.74 Å². The maximum Gasteiger partial charge on any atom is 0.573 e. The predicted molar refractivity (Wildman–Crippen MR) is 70.8 cm³/mol.